The van der Waals surface area contributed by atoms with E-state index in [0.717, 1.165) is 30.2 Å². The summed E-state index contributed by atoms with van der Waals surface area (Å²) < 4.78 is 11.1. The first-order valence-corrected chi connectivity index (χ1v) is 10.0. The highest BCUT2D eigenvalue weighted by Gasteiger charge is 2.21. The molecule has 1 N–H and O–H groups in total. The zero-order valence-electron chi connectivity index (χ0n) is 17.4. The normalized spacial score (nSPS) is 13.1. The molecule has 0 aliphatic carbocycles. The van der Waals surface area contributed by atoms with Crippen molar-refractivity contribution >= 4 is 22.8 Å². The maximum Gasteiger partial charge on any atom is 0.336 e. The molecule has 2 aromatic rings. The number of unbranched alkanes of at least 4 members (excludes halogenated alkanes) is 1. The molecule has 1 aromatic heterocycles. The van der Waals surface area contributed by atoms with E-state index in [4.69, 9.17) is 9.15 Å². The van der Waals surface area contributed by atoms with Gasteiger partial charge >= 0.3 is 5.63 Å². The van der Waals surface area contributed by atoms with Crippen molar-refractivity contribution in [3.8, 4) is 5.75 Å². The fraction of sp³-hybridized carbons (Fsp3) is 0.500. The Morgan fingerprint density at radius 1 is 1.24 bits per heavy atom. The number of rotatable bonds is 10. The summed E-state index contributed by atoms with van der Waals surface area (Å²) in [6.07, 6.45) is 2.50. The monoisotopic (exact) mass is 402 g/mol. The summed E-state index contributed by atoms with van der Waals surface area (Å²) in [6, 6.07) is 3.98. The molecule has 0 aliphatic rings. The highest BCUT2D eigenvalue weighted by atomic mass is 16.5. The molecular weight excluding hydrogens is 374 g/mol. The molecular formula is C22H28NO6-. The van der Waals surface area contributed by atoms with Crippen molar-refractivity contribution in [1.29, 1.82) is 0 Å². The first-order valence-electron chi connectivity index (χ1n) is 10.0. The summed E-state index contributed by atoms with van der Waals surface area (Å²) in [7, 11) is 0. The number of carboxylic acids is 1. The van der Waals surface area contributed by atoms with Gasteiger partial charge in [0.05, 0.1) is 12.0 Å². The molecule has 0 radical (unpaired) electrons. The van der Waals surface area contributed by atoms with Gasteiger partial charge in [-0.3, -0.25) is 4.79 Å². The van der Waals surface area contributed by atoms with Crippen molar-refractivity contribution in [2.75, 3.05) is 0 Å². The molecule has 158 valence electrons. The fourth-order valence-corrected chi connectivity index (χ4v) is 3.20. The van der Waals surface area contributed by atoms with Crippen molar-refractivity contribution in [3.05, 3.63) is 39.7 Å². The van der Waals surface area contributed by atoms with Gasteiger partial charge in [0.25, 0.3) is 5.91 Å². The number of carbonyl (C=O) groups excluding carboxylic acids is 2. The zero-order chi connectivity index (χ0) is 21.6. The van der Waals surface area contributed by atoms with Crippen molar-refractivity contribution in [3.63, 3.8) is 0 Å². The summed E-state index contributed by atoms with van der Waals surface area (Å²) in [4.78, 5) is 35.5. The van der Waals surface area contributed by atoms with E-state index in [9.17, 15) is 19.5 Å². The van der Waals surface area contributed by atoms with Crippen LogP contribution in [0, 0.1) is 6.92 Å². The van der Waals surface area contributed by atoms with Crippen molar-refractivity contribution in [2.24, 2.45) is 0 Å². The molecule has 7 nitrogen and oxygen atoms in total. The summed E-state index contributed by atoms with van der Waals surface area (Å²) in [5.74, 6) is -1.46. The van der Waals surface area contributed by atoms with E-state index in [0.29, 0.717) is 29.7 Å². The molecule has 2 rings (SSSR count). The van der Waals surface area contributed by atoms with Gasteiger partial charge in [-0.05, 0) is 44.4 Å². The molecule has 1 aromatic carbocycles. The van der Waals surface area contributed by atoms with Gasteiger partial charge < -0.3 is 24.4 Å². The van der Waals surface area contributed by atoms with E-state index in [1.807, 2.05) is 13.8 Å². The Labute approximate surface area is 170 Å². The number of nitrogens with one attached hydrogen (secondary N) is 1. The number of benzene rings is 1. The van der Waals surface area contributed by atoms with Gasteiger partial charge in [0, 0.05) is 17.0 Å². The maximum atomic E-state index is 12.4. The first-order chi connectivity index (χ1) is 13.8. The minimum atomic E-state index is -1.31. The lowest BCUT2D eigenvalue weighted by molar-refractivity contribution is -0.308. The second-order valence-corrected chi connectivity index (χ2v) is 7.19. The Kier molecular flexibility index (Phi) is 7.82. The Bertz CT molecular complexity index is 933. The van der Waals surface area contributed by atoms with Crippen LogP contribution >= 0.6 is 0 Å². The molecule has 0 unspecified atom stereocenters. The molecule has 2 atom stereocenters. The van der Waals surface area contributed by atoms with E-state index in [-0.39, 0.29) is 0 Å². The zero-order valence-corrected chi connectivity index (χ0v) is 17.4. The summed E-state index contributed by atoms with van der Waals surface area (Å²) in [5.41, 5.74) is 1.52. The Balaban J connectivity index is 2.22. The Morgan fingerprint density at radius 3 is 2.59 bits per heavy atom. The number of aliphatic carboxylic acids is 1. The molecule has 1 amide bonds. The van der Waals surface area contributed by atoms with E-state index >= 15 is 0 Å². The number of aryl methyl sites for hydroxylation is 2. The second kappa shape index (κ2) is 10.1. The van der Waals surface area contributed by atoms with E-state index < -0.39 is 29.6 Å². The van der Waals surface area contributed by atoms with Crippen LogP contribution in [0.4, 0.5) is 0 Å². The average Bonchev–Trinajstić information content (AvgIpc) is 2.67. The van der Waals surface area contributed by atoms with Gasteiger partial charge in [-0.2, -0.15) is 0 Å². The van der Waals surface area contributed by atoms with Crippen molar-refractivity contribution < 1.29 is 23.8 Å². The van der Waals surface area contributed by atoms with Gasteiger partial charge in [-0.25, -0.2) is 4.79 Å². The van der Waals surface area contributed by atoms with Crippen LogP contribution in [0.2, 0.25) is 0 Å². The molecule has 0 fully saturated rings. The van der Waals surface area contributed by atoms with Gasteiger partial charge in [-0.1, -0.05) is 33.1 Å². The smallest absolute Gasteiger partial charge is 0.336 e. The van der Waals surface area contributed by atoms with Crippen molar-refractivity contribution in [1.82, 2.24) is 5.32 Å². The third-order valence-electron chi connectivity index (χ3n) is 4.84. The lowest BCUT2D eigenvalue weighted by atomic mass is 10.0. The average molecular weight is 402 g/mol. The third kappa shape index (κ3) is 5.59. The minimum absolute atomic E-state index is 0.303. The maximum absolute atomic E-state index is 12.4. The van der Waals surface area contributed by atoms with Crippen LogP contribution in [0.3, 0.4) is 0 Å². The quantitative estimate of drug-likeness (QED) is 0.611. The molecule has 0 saturated heterocycles. The van der Waals surface area contributed by atoms with E-state index in [1.165, 1.54) is 13.0 Å². The number of amides is 1. The first kappa shape index (κ1) is 22.5. The lowest BCUT2D eigenvalue weighted by Gasteiger charge is -2.23. The molecule has 0 bridgehead atoms. The number of carbonyl (C=O) groups is 2. The van der Waals surface area contributed by atoms with Crippen LogP contribution in [0.1, 0.15) is 57.6 Å². The third-order valence-corrected chi connectivity index (χ3v) is 4.84. The molecule has 0 aliphatic heterocycles. The van der Waals surface area contributed by atoms with Gasteiger partial charge in [-0.15, -0.1) is 0 Å². The van der Waals surface area contributed by atoms with Crippen molar-refractivity contribution in [2.45, 2.75) is 71.9 Å². The fourth-order valence-electron chi connectivity index (χ4n) is 3.20. The van der Waals surface area contributed by atoms with E-state index in [2.05, 4.69) is 5.32 Å². The SMILES string of the molecule is CCCC[C@H](NC(=O)[C@H](C)Oc1ccc2c(CCC)cc(=O)oc2c1C)C(=O)[O-]. The van der Waals surface area contributed by atoms with Crippen LogP contribution in [0.15, 0.2) is 27.4 Å². The number of fused-ring (bicyclic) bond motifs is 1. The van der Waals surface area contributed by atoms with Gasteiger partial charge in [0.2, 0.25) is 0 Å². The molecule has 7 heteroatoms. The summed E-state index contributed by atoms with van der Waals surface area (Å²) >= 11 is 0. The van der Waals surface area contributed by atoms with Crippen LogP contribution < -0.4 is 20.8 Å². The standard InChI is InChI=1S/C22H29NO6/c1-5-7-9-17(22(26)27)23-21(25)14(4)28-18-11-10-16-15(8-6-2)12-19(24)29-20(16)13(18)3/h10-12,14,17H,5-9H2,1-4H3,(H,23,25)(H,26,27)/p-1/t14-,17-/m0/s1. The number of carboxylic acid groups (broad SMARTS) is 1. The molecule has 0 spiro atoms. The number of hydrogen-bond acceptors (Lipinski definition) is 6. The Morgan fingerprint density at radius 2 is 1.97 bits per heavy atom. The van der Waals surface area contributed by atoms with Crippen LogP contribution in [-0.2, 0) is 16.0 Å². The predicted molar refractivity (Wildman–Crippen MR) is 108 cm³/mol. The van der Waals surface area contributed by atoms with Crippen LogP contribution in [0.25, 0.3) is 11.0 Å². The van der Waals surface area contributed by atoms with Gasteiger partial charge in [0.15, 0.2) is 6.10 Å². The molecule has 0 saturated carbocycles. The van der Waals surface area contributed by atoms with Crippen LogP contribution in [-0.4, -0.2) is 24.0 Å². The Hall–Kier alpha value is -2.83. The highest BCUT2D eigenvalue weighted by Crippen LogP contribution is 2.29. The molecule has 1 heterocycles. The van der Waals surface area contributed by atoms with Crippen LogP contribution in [0.5, 0.6) is 5.75 Å². The largest absolute Gasteiger partial charge is 0.548 e. The topological polar surface area (TPSA) is 109 Å². The summed E-state index contributed by atoms with van der Waals surface area (Å²) in [6.45, 7) is 7.26. The van der Waals surface area contributed by atoms with E-state index in [1.54, 1.807) is 19.1 Å². The lowest BCUT2D eigenvalue weighted by Crippen LogP contribution is -2.51. The number of ether oxygens (including phenoxy) is 1. The predicted octanol–water partition coefficient (Wildman–Crippen LogP) is 2.25. The highest BCUT2D eigenvalue weighted by molar-refractivity contribution is 5.87. The second-order valence-electron chi connectivity index (χ2n) is 7.19. The number of hydrogen-bond donors (Lipinski definition) is 1. The van der Waals surface area contributed by atoms with Gasteiger partial charge in [0.1, 0.15) is 11.3 Å². The minimum Gasteiger partial charge on any atom is -0.548 e. The molecule has 29 heavy (non-hydrogen) atoms. The summed E-state index contributed by atoms with van der Waals surface area (Å²) in [5, 5.41) is 14.5.